The summed E-state index contributed by atoms with van der Waals surface area (Å²) in [6, 6.07) is 8.64. The molecule has 1 N–H and O–H groups in total. The first-order chi connectivity index (χ1) is 8.00. The molecule has 0 aliphatic heterocycles. The van der Waals surface area contributed by atoms with Gasteiger partial charge in [-0.2, -0.15) is 0 Å². The Morgan fingerprint density at radius 2 is 1.94 bits per heavy atom. The van der Waals surface area contributed by atoms with Crippen LogP contribution in [0.25, 0.3) is 0 Å². The molecule has 0 saturated heterocycles. The zero-order valence-electron chi connectivity index (χ0n) is 9.79. The summed E-state index contributed by atoms with van der Waals surface area (Å²) in [4.78, 5) is 23.5. The largest absolute Gasteiger partial charge is 0.481 e. The zero-order valence-corrected chi connectivity index (χ0v) is 9.79. The van der Waals surface area contributed by atoms with Crippen molar-refractivity contribution in [1.82, 2.24) is 4.90 Å². The van der Waals surface area contributed by atoms with Gasteiger partial charge in [0.15, 0.2) is 0 Å². The van der Waals surface area contributed by atoms with Gasteiger partial charge >= 0.3 is 12.1 Å². The van der Waals surface area contributed by atoms with Crippen molar-refractivity contribution in [2.24, 2.45) is 5.92 Å². The highest BCUT2D eigenvalue weighted by Gasteiger charge is 2.18. The van der Waals surface area contributed by atoms with E-state index in [-0.39, 0.29) is 6.54 Å². The molecule has 0 heterocycles. The lowest BCUT2D eigenvalue weighted by Gasteiger charge is -2.18. The van der Waals surface area contributed by atoms with Gasteiger partial charge in [-0.05, 0) is 12.1 Å². The molecule has 0 aliphatic carbocycles. The predicted octanol–water partition coefficient (Wildman–Crippen LogP) is 1.84. The molecule has 92 valence electrons. The molecule has 5 nitrogen and oxygen atoms in total. The number of hydrogen-bond acceptors (Lipinski definition) is 3. The van der Waals surface area contributed by atoms with Crippen molar-refractivity contribution in [2.45, 2.75) is 6.92 Å². The number of hydrogen-bond donors (Lipinski definition) is 1. The van der Waals surface area contributed by atoms with Gasteiger partial charge in [-0.15, -0.1) is 0 Å². The van der Waals surface area contributed by atoms with Crippen molar-refractivity contribution >= 4 is 12.1 Å². The van der Waals surface area contributed by atoms with Gasteiger partial charge in [0.1, 0.15) is 5.75 Å². The first-order valence-electron chi connectivity index (χ1n) is 5.21. The van der Waals surface area contributed by atoms with Gasteiger partial charge in [0.2, 0.25) is 0 Å². The molecule has 0 aromatic heterocycles. The fourth-order valence-corrected chi connectivity index (χ4v) is 1.23. The maximum atomic E-state index is 11.6. The fraction of sp³-hybridized carbons (Fsp3) is 0.333. The summed E-state index contributed by atoms with van der Waals surface area (Å²) >= 11 is 0. The number of carbonyl (C=O) groups is 2. The number of amides is 1. The van der Waals surface area contributed by atoms with Crippen LogP contribution in [0.1, 0.15) is 6.92 Å². The van der Waals surface area contributed by atoms with E-state index in [2.05, 4.69) is 0 Å². The van der Waals surface area contributed by atoms with Crippen LogP contribution in [0, 0.1) is 5.92 Å². The number of nitrogens with zero attached hydrogens (tertiary/aromatic N) is 1. The summed E-state index contributed by atoms with van der Waals surface area (Å²) in [5.74, 6) is -1.12. The average molecular weight is 237 g/mol. The third-order valence-corrected chi connectivity index (χ3v) is 2.23. The van der Waals surface area contributed by atoms with Crippen LogP contribution in [0.5, 0.6) is 5.75 Å². The third-order valence-electron chi connectivity index (χ3n) is 2.23. The minimum absolute atomic E-state index is 0.112. The second-order valence-electron chi connectivity index (χ2n) is 3.80. The molecule has 0 bridgehead atoms. The van der Waals surface area contributed by atoms with E-state index >= 15 is 0 Å². The molecular weight excluding hydrogens is 222 g/mol. The molecule has 1 aromatic carbocycles. The summed E-state index contributed by atoms with van der Waals surface area (Å²) in [6.45, 7) is 1.65. The number of benzene rings is 1. The zero-order chi connectivity index (χ0) is 12.8. The summed E-state index contributed by atoms with van der Waals surface area (Å²) in [6.07, 6.45) is -0.565. The summed E-state index contributed by atoms with van der Waals surface area (Å²) in [7, 11) is 1.50. The molecule has 17 heavy (non-hydrogen) atoms. The van der Waals surface area contributed by atoms with Crippen LogP contribution < -0.4 is 4.74 Å². The first-order valence-corrected chi connectivity index (χ1v) is 5.21. The first kappa shape index (κ1) is 13.0. The van der Waals surface area contributed by atoms with E-state index < -0.39 is 18.0 Å². The Labute approximate surface area is 99.6 Å². The normalized spacial score (nSPS) is 11.6. The number of carboxylic acid groups (broad SMARTS) is 1. The molecule has 1 atom stereocenters. The molecule has 1 rings (SSSR count). The smallest absolute Gasteiger partial charge is 0.414 e. The van der Waals surface area contributed by atoms with Crippen molar-refractivity contribution in [3.8, 4) is 5.75 Å². The van der Waals surface area contributed by atoms with Crippen LogP contribution in [0.4, 0.5) is 4.79 Å². The van der Waals surface area contributed by atoms with Crippen LogP contribution in [0.2, 0.25) is 0 Å². The molecular formula is C12H15NO4. The topological polar surface area (TPSA) is 66.8 Å². The van der Waals surface area contributed by atoms with Gasteiger partial charge in [-0.25, -0.2) is 4.79 Å². The van der Waals surface area contributed by atoms with E-state index in [1.165, 1.54) is 18.9 Å². The van der Waals surface area contributed by atoms with Crippen LogP contribution >= 0.6 is 0 Å². The summed E-state index contributed by atoms with van der Waals surface area (Å²) in [5.41, 5.74) is 0. The van der Waals surface area contributed by atoms with Crippen molar-refractivity contribution in [3.63, 3.8) is 0 Å². The van der Waals surface area contributed by atoms with Crippen LogP contribution in [0.15, 0.2) is 30.3 Å². The maximum Gasteiger partial charge on any atom is 0.414 e. The Bertz CT molecular complexity index is 391. The van der Waals surface area contributed by atoms with Gasteiger partial charge in [-0.3, -0.25) is 4.79 Å². The number of carboxylic acids is 1. The van der Waals surface area contributed by atoms with Crippen molar-refractivity contribution in [1.29, 1.82) is 0 Å². The standard InChI is InChI=1S/C12H15NO4/c1-9(11(14)15)8-13(2)12(16)17-10-6-4-3-5-7-10/h3-7,9H,8H2,1-2H3,(H,14,15). The maximum absolute atomic E-state index is 11.6. The predicted molar refractivity (Wildman–Crippen MR) is 61.9 cm³/mol. The second kappa shape index (κ2) is 5.89. The quantitative estimate of drug-likeness (QED) is 0.867. The molecule has 1 aromatic rings. The monoisotopic (exact) mass is 237 g/mol. The lowest BCUT2D eigenvalue weighted by atomic mass is 10.2. The Morgan fingerprint density at radius 3 is 2.47 bits per heavy atom. The van der Waals surface area contributed by atoms with E-state index in [0.717, 1.165) is 0 Å². The molecule has 0 spiro atoms. The van der Waals surface area contributed by atoms with Crippen molar-refractivity contribution in [2.75, 3.05) is 13.6 Å². The lowest BCUT2D eigenvalue weighted by Crippen LogP contribution is -2.35. The highest BCUT2D eigenvalue weighted by atomic mass is 16.6. The van der Waals surface area contributed by atoms with Crippen molar-refractivity contribution in [3.05, 3.63) is 30.3 Å². The van der Waals surface area contributed by atoms with Gasteiger partial charge in [0, 0.05) is 13.6 Å². The fourth-order valence-electron chi connectivity index (χ4n) is 1.23. The number of carbonyl (C=O) groups excluding carboxylic acids is 1. The molecule has 0 aliphatic rings. The van der Waals surface area contributed by atoms with Gasteiger partial charge in [0.25, 0.3) is 0 Å². The number of ether oxygens (including phenoxy) is 1. The van der Waals surface area contributed by atoms with E-state index in [4.69, 9.17) is 9.84 Å². The Hall–Kier alpha value is -2.04. The SMILES string of the molecule is CC(CN(C)C(=O)Oc1ccccc1)C(=O)O. The van der Waals surface area contributed by atoms with Crippen molar-refractivity contribution < 1.29 is 19.4 Å². The minimum atomic E-state index is -0.940. The summed E-state index contributed by atoms with van der Waals surface area (Å²) in [5, 5.41) is 8.72. The molecule has 0 fully saturated rings. The Morgan fingerprint density at radius 1 is 1.35 bits per heavy atom. The van der Waals surface area contributed by atoms with E-state index in [0.29, 0.717) is 5.75 Å². The molecule has 0 radical (unpaired) electrons. The Kier molecular flexibility index (Phi) is 4.51. The van der Waals surface area contributed by atoms with Crippen LogP contribution in [-0.4, -0.2) is 35.7 Å². The van der Waals surface area contributed by atoms with Gasteiger partial charge < -0.3 is 14.7 Å². The molecule has 1 amide bonds. The van der Waals surface area contributed by atoms with Crippen LogP contribution in [-0.2, 0) is 4.79 Å². The highest BCUT2D eigenvalue weighted by Crippen LogP contribution is 2.10. The minimum Gasteiger partial charge on any atom is -0.481 e. The second-order valence-corrected chi connectivity index (χ2v) is 3.80. The van der Waals surface area contributed by atoms with E-state index in [1.807, 2.05) is 6.07 Å². The Balaban J connectivity index is 2.50. The average Bonchev–Trinajstić information content (AvgIpc) is 2.29. The van der Waals surface area contributed by atoms with E-state index in [1.54, 1.807) is 24.3 Å². The third kappa shape index (κ3) is 4.14. The molecule has 5 heteroatoms. The number of para-hydroxylation sites is 1. The summed E-state index contributed by atoms with van der Waals surface area (Å²) < 4.78 is 5.05. The molecule has 1 unspecified atom stereocenters. The number of rotatable bonds is 4. The lowest BCUT2D eigenvalue weighted by molar-refractivity contribution is -0.141. The molecule has 0 saturated carbocycles. The van der Waals surface area contributed by atoms with E-state index in [9.17, 15) is 9.59 Å². The van der Waals surface area contributed by atoms with Gasteiger partial charge in [0.05, 0.1) is 5.92 Å². The highest BCUT2D eigenvalue weighted by molar-refractivity contribution is 5.73. The van der Waals surface area contributed by atoms with Crippen LogP contribution in [0.3, 0.4) is 0 Å². The van der Waals surface area contributed by atoms with Gasteiger partial charge in [-0.1, -0.05) is 25.1 Å². The number of aliphatic carboxylic acids is 1.